The normalized spacial score (nSPS) is 11.1. The van der Waals surface area contributed by atoms with Crippen molar-refractivity contribution in [2.75, 3.05) is 0 Å². The molecule has 26 heavy (non-hydrogen) atoms. The van der Waals surface area contributed by atoms with Crippen LogP contribution in [0.1, 0.15) is 17.8 Å². The number of aromatic amines is 1. The molecular weight excluding hydrogens is 328 g/mol. The summed E-state index contributed by atoms with van der Waals surface area (Å²) >= 11 is 0. The van der Waals surface area contributed by atoms with E-state index in [1.807, 2.05) is 59.1 Å². The fourth-order valence-electron chi connectivity index (χ4n) is 3.02. The molecule has 0 unspecified atom stereocenters. The Morgan fingerprint density at radius 2 is 2.00 bits per heavy atom. The number of nitrogens with one attached hydrogen (secondary N) is 2. The number of imidazole rings is 1. The highest BCUT2D eigenvalue weighted by Gasteiger charge is 2.08. The van der Waals surface area contributed by atoms with E-state index in [1.165, 1.54) is 0 Å². The molecule has 0 aliphatic heterocycles. The third-order valence-corrected chi connectivity index (χ3v) is 4.41. The Morgan fingerprint density at radius 1 is 1.15 bits per heavy atom. The maximum Gasteiger partial charge on any atom is 0.251 e. The number of amides is 1. The molecule has 0 aliphatic rings. The van der Waals surface area contributed by atoms with Gasteiger partial charge in [0.1, 0.15) is 5.82 Å². The number of aryl methyl sites for hydroxylation is 1. The molecule has 4 aromatic rings. The van der Waals surface area contributed by atoms with E-state index < -0.39 is 0 Å². The average Bonchev–Trinajstić information content (AvgIpc) is 3.08. The maximum absolute atomic E-state index is 12.2. The van der Waals surface area contributed by atoms with Gasteiger partial charge in [-0.25, -0.2) is 4.98 Å². The molecule has 3 aromatic heterocycles. The third-order valence-electron chi connectivity index (χ3n) is 4.41. The molecule has 0 aliphatic carbocycles. The number of hydrogen-bond acceptors (Lipinski definition) is 3. The molecule has 130 valence electrons. The van der Waals surface area contributed by atoms with Gasteiger partial charge in [0.15, 0.2) is 0 Å². The van der Waals surface area contributed by atoms with Crippen LogP contribution in [-0.4, -0.2) is 20.3 Å². The second-order valence-corrected chi connectivity index (χ2v) is 6.16. The van der Waals surface area contributed by atoms with Crippen molar-refractivity contribution in [1.82, 2.24) is 19.7 Å². The molecular formula is C20H18N4O2. The molecule has 6 heteroatoms. The van der Waals surface area contributed by atoms with Crippen molar-refractivity contribution in [3.63, 3.8) is 0 Å². The largest absolute Gasteiger partial charge is 0.349 e. The Labute approximate surface area is 149 Å². The molecule has 0 radical (unpaired) electrons. The number of carbonyl (C=O) groups is 1. The van der Waals surface area contributed by atoms with Gasteiger partial charge in [0.25, 0.3) is 5.56 Å². The number of hydrogen-bond donors (Lipinski definition) is 2. The molecule has 0 bridgehead atoms. The van der Waals surface area contributed by atoms with Gasteiger partial charge in [-0.1, -0.05) is 24.3 Å². The summed E-state index contributed by atoms with van der Waals surface area (Å²) in [5.41, 5.74) is 2.26. The smallest absolute Gasteiger partial charge is 0.251 e. The van der Waals surface area contributed by atoms with Crippen molar-refractivity contribution >= 4 is 22.3 Å². The van der Waals surface area contributed by atoms with Crippen LogP contribution in [0.3, 0.4) is 0 Å². The lowest BCUT2D eigenvalue weighted by molar-refractivity contribution is -0.121. The average molecular weight is 346 g/mol. The van der Waals surface area contributed by atoms with E-state index in [4.69, 9.17) is 0 Å². The van der Waals surface area contributed by atoms with Crippen LogP contribution in [0.4, 0.5) is 0 Å². The van der Waals surface area contributed by atoms with Gasteiger partial charge in [-0.05, 0) is 36.1 Å². The summed E-state index contributed by atoms with van der Waals surface area (Å²) in [6.07, 6.45) is 4.34. The molecule has 0 fully saturated rings. The summed E-state index contributed by atoms with van der Waals surface area (Å²) in [6, 6.07) is 15.3. The van der Waals surface area contributed by atoms with Crippen LogP contribution in [-0.2, 0) is 17.8 Å². The zero-order chi connectivity index (χ0) is 17.9. The number of benzene rings is 1. The molecule has 4 rings (SSSR count). The van der Waals surface area contributed by atoms with Gasteiger partial charge in [0.2, 0.25) is 5.91 Å². The van der Waals surface area contributed by atoms with Crippen LogP contribution in [0.25, 0.3) is 16.4 Å². The van der Waals surface area contributed by atoms with Crippen LogP contribution >= 0.6 is 0 Å². The van der Waals surface area contributed by atoms with Crippen molar-refractivity contribution in [3.8, 4) is 0 Å². The summed E-state index contributed by atoms with van der Waals surface area (Å²) in [7, 11) is 0. The molecule has 0 saturated heterocycles. The topological polar surface area (TPSA) is 79.3 Å². The number of pyridine rings is 2. The zero-order valence-electron chi connectivity index (χ0n) is 14.1. The molecule has 1 aromatic carbocycles. The molecule has 2 N–H and O–H groups in total. The summed E-state index contributed by atoms with van der Waals surface area (Å²) in [5.74, 6) is 0.669. The second-order valence-electron chi connectivity index (χ2n) is 6.16. The summed E-state index contributed by atoms with van der Waals surface area (Å²) in [4.78, 5) is 31.5. The first-order valence-corrected chi connectivity index (χ1v) is 8.49. The highest BCUT2D eigenvalue weighted by molar-refractivity contribution is 5.79. The first kappa shape index (κ1) is 16.1. The lowest BCUT2D eigenvalue weighted by atomic mass is 10.1. The quantitative estimate of drug-likeness (QED) is 0.582. The van der Waals surface area contributed by atoms with E-state index in [2.05, 4.69) is 15.3 Å². The van der Waals surface area contributed by atoms with E-state index in [0.717, 1.165) is 22.2 Å². The molecule has 3 heterocycles. The van der Waals surface area contributed by atoms with Crippen molar-refractivity contribution < 1.29 is 4.79 Å². The van der Waals surface area contributed by atoms with E-state index in [-0.39, 0.29) is 17.9 Å². The number of carbonyl (C=O) groups excluding carboxylic acids is 1. The van der Waals surface area contributed by atoms with Crippen LogP contribution in [0.2, 0.25) is 0 Å². The van der Waals surface area contributed by atoms with Crippen LogP contribution in [0.15, 0.2) is 65.7 Å². The first-order chi connectivity index (χ1) is 12.7. The van der Waals surface area contributed by atoms with Crippen molar-refractivity contribution in [2.24, 2.45) is 0 Å². The first-order valence-electron chi connectivity index (χ1n) is 8.49. The fraction of sp³-hybridized carbons (Fsp3) is 0.150. The van der Waals surface area contributed by atoms with Gasteiger partial charge in [0.05, 0.1) is 18.3 Å². The minimum atomic E-state index is -0.143. The Bertz CT molecular complexity index is 1140. The van der Waals surface area contributed by atoms with Gasteiger partial charge < -0.3 is 14.7 Å². The number of H-pyrrole nitrogens is 1. The number of aromatic nitrogens is 3. The van der Waals surface area contributed by atoms with Crippen molar-refractivity contribution in [1.29, 1.82) is 0 Å². The Kier molecular flexibility index (Phi) is 4.23. The molecule has 6 nitrogen and oxygen atoms in total. The summed E-state index contributed by atoms with van der Waals surface area (Å²) < 4.78 is 1.94. The van der Waals surface area contributed by atoms with Crippen molar-refractivity contribution in [2.45, 2.75) is 19.4 Å². The number of para-hydroxylation sites is 1. The number of fused-ring (bicyclic) bond motifs is 2. The predicted molar refractivity (Wildman–Crippen MR) is 99.9 cm³/mol. The lowest BCUT2D eigenvalue weighted by Crippen LogP contribution is -2.25. The van der Waals surface area contributed by atoms with Crippen LogP contribution < -0.4 is 10.9 Å². The SMILES string of the molecule is O=C(CCc1cc2ccccc2[nH]c1=O)NCc1ncc2ccccn12. The summed E-state index contributed by atoms with van der Waals surface area (Å²) in [6.45, 7) is 0.352. The number of nitrogens with zero attached hydrogens (tertiary/aromatic N) is 2. The Balaban J connectivity index is 1.40. The fourth-order valence-corrected chi connectivity index (χ4v) is 3.02. The lowest BCUT2D eigenvalue weighted by Gasteiger charge is -2.06. The minimum Gasteiger partial charge on any atom is -0.349 e. The van der Waals surface area contributed by atoms with Gasteiger partial charge in [-0.3, -0.25) is 9.59 Å². The Morgan fingerprint density at radius 3 is 2.92 bits per heavy atom. The van der Waals surface area contributed by atoms with E-state index in [0.29, 0.717) is 18.5 Å². The van der Waals surface area contributed by atoms with E-state index >= 15 is 0 Å². The van der Waals surface area contributed by atoms with Crippen LogP contribution in [0, 0.1) is 0 Å². The maximum atomic E-state index is 12.2. The summed E-state index contributed by atoms with van der Waals surface area (Å²) in [5, 5.41) is 3.83. The highest BCUT2D eigenvalue weighted by Crippen LogP contribution is 2.11. The van der Waals surface area contributed by atoms with Crippen LogP contribution in [0.5, 0.6) is 0 Å². The Hall–Kier alpha value is -3.41. The van der Waals surface area contributed by atoms with Gasteiger partial charge in [-0.15, -0.1) is 0 Å². The molecule has 0 saturated carbocycles. The zero-order valence-corrected chi connectivity index (χ0v) is 14.1. The standard InChI is InChI=1S/C20H18N4O2/c25-19(22-13-18-21-12-16-6-3-4-10-24(16)18)9-8-15-11-14-5-1-2-7-17(14)23-20(15)26/h1-7,10-12H,8-9,13H2,(H,22,25)(H,23,26). The van der Waals surface area contributed by atoms with Gasteiger partial charge in [0, 0.05) is 23.7 Å². The molecule has 0 spiro atoms. The predicted octanol–water partition coefficient (Wildman–Crippen LogP) is 2.42. The molecule has 1 amide bonds. The van der Waals surface area contributed by atoms with Gasteiger partial charge in [-0.2, -0.15) is 0 Å². The minimum absolute atomic E-state index is 0.106. The monoisotopic (exact) mass is 346 g/mol. The van der Waals surface area contributed by atoms with Gasteiger partial charge >= 0.3 is 0 Å². The van der Waals surface area contributed by atoms with E-state index in [1.54, 1.807) is 6.20 Å². The number of rotatable bonds is 5. The van der Waals surface area contributed by atoms with E-state index in [9.17, 15) is 9.59 Å². The van der Waals surface area contributed by atoms with Crippen molar-refractivity contribution in [3.05, 3.63) is 82.7 Å². The molecule has 0 atom stereocenters. The third kappa shape index (κ3) is 3.21. The second kappa shape index (κ2) is 6.84. The highest BCUT2D eigenvalue weighted by atomic mass is 16.1.